The van der Waals surface area contributed by atoms with Gasteiger partial charge in [0.1, 0.15) is 17.5 Å². The molecular formula is C61H74O17. The monoisotopic (exact) mass is 1080 g/mol. The zero-order valence-corrected chi connectivity index (χ0v) is 46.6. The smallest absolute Gasteiger partial charge is 0.320 e. The van der Waals surface area contributed by atoms with E-state index in [1.54, 1.807) is 81.2 Å². The standard InChI is InChI=1S/C17H22O4.C15H18O5.C15H18O3.C14H16O5/c1-4-5-13-10-14-12(11-17(13)20-8-9-21-17)6-7-15(18-2)16(14)19-3;1-18-13-5-4-9-7-12(16)10(8-14(17)19-2)6-11(9)15(13)20-3;1-4-5-11-8-12-10(9-13(11)16)6-7-14(17-2)15(12)18-3;1-17-11-7-5-8-9(13(11)18-2)4-6-10(15)12(8)14(16)19-3/h4,6-7,13H,1,5,8-11H2,2-3H3;4-5,10H,6-8H2,1-3H3;4,6-7,11H,1,5,8-9H2,2-3H3;5,7,12H,4,6H2,1-3H3. The van der Waals surface area contributed by atoms with Crippen molar-refractivity contribution in [1.29, 1.82) is 0 Å². The summed E-state index contributed by atoms with van der Waals surface area (Å²) < 4.78 is 64.3. The van der Waals surface area contributed by atoms with Crippen molar-refractivity contribution in [2.24, 2.45) is 17.8 Å². The average Bonchev–Trinajstić information content (AvgIpc) is 4.09. The zero-order valence-electron chi connectivity index (χ0n) is 46.6. The van der Waals surface area contributed by atoms with Gasteiger partial charge in [0, 0.05) is 65.7 Å². The molecule has 420 valence electrons. The van der Waals surface area contributed by atoms with Crippen molar-refractivity contribution < 1.29 is 80.8 Å². The van der Waals surface area contributed by atoms with E-state index < -0.39 is 17.7 Å². The van der Waals surface area contributed by atoms with Crippen molar-refractivity contribution in [3.8, 4) is 46.0 Å². The molecule has 5 aliphatic rings. The van der Waals surface area contributed by atoms with Crippen molar-refractivity contribution in [2.75, 3.05) is 84.3 Å². The Bertz CT molecular complexity index is 2830. The van der Waals surface area contributed by atoms with Crippen LogP contribution in [0.5, 0.6) is 46.0 Å². The molecule has 1 saturated heterocycles. The van der Waals surface area contributed by atoms with Crippen molar-refractivity contribution in [3.63, 3.8) is 0 Å². The molecule has 17 nitrogen and oxygen atoms in total. The van der Waals surface area contributed by atoms with Crippen LogP contribution in [0.25, 0.3) is 0 Å². The van der Waals surface area contributed by atoms with E-state index in [0.717, 1.165) is 76.5 Å². The Morgan fingerprint density at radius 2 is 0.974 bits per heavy atom. The summed E-state index contributed by atoms with van der Waals surface area (Å²) in [5, 5.41) is 0. The molecule has 4 unspecified atom stereocenters. The maximum atomic E-state index is 12.1. The topological polar surface area (TPSA) is 196 Å². The Hall–Kier alpha value is -7.37. The number of carbonyl (C=O) groups is 5. The average molecular weight is 1080 g/mol. The first-order valence-electron chi connectivity index (χ1n) is 25.8. The van der Waals surface area contributed by atoms with Gasteiger partial charge in [-0.15, -0.1) is 13.2 Å². The zero-order chi connectivity index (χ0) is 56.7. The minimum absolute atomic E-state index is 0.0241. The minimum atomic E-state index is -0.853. The van der Waals surface area contributed by atoms with Gasteiger partial charge in [-0.1, -0.05) is 36.4 Å². The van der Waals surface area contributed by atoms with E-state index in [4.69, 9.17) is 52.1 Å². The largest absolute Gasteiger partial charge is 0.493 e. The summed E-state index contributed by atoms with van der Waals surface area (Å²) in [5.41, 5.74) is 7.95. The van der Waals surface area contributed by atoms with Crippen LogP contribution in [-0.2, 0) is 87.9 Å². The molecule has 0 aromatic heterocycles. The number of Topliss-reactive ketones (excluding diaryl/α,β-unsaturated/α-hetero) is 3. The summed E-state index contributed by atoms with van der Waals surface area (Å²) in [6.45, 7) is 8.91. The molecule has 17 heteroatoms. The molecule has 0 radical (unpaired) electrons. The summed E-state index contributed by atoms with van der Waals surface area (Å²) >= 11 is 0. The van der Waals surface area contributed by atoms with Gasteiger partial charge >= 0.3 is 11.9 Å². The third kappa shape index (κ3) is 13.0. The highest BCUT2D eigenvalue weighted by molar-refractivity contribution is 6.06. The van der Waals surface area contributed by atoms with Crippen molar-refractivity contribution in [2.45, 2.75) is 82.3 Å². The molecule has 1 aliphatic heterocycles. The number of ketones is 3. The molecule has 0 bridgehead atoms. The third-order valence-corrected chi connectivity index (χ3v) is 15.0. The Balaban J connectivity index is 0.000000169. The summed E-state index contributed by atoms with van der Waals surface area (Å²) in [6.07, 6.45) is 9.86. The minimum Gasteiger partial charge on any atom is -0.493 e. The van der Waals surface area contributed by atoms with E-state index in [1.807, 2.05) is 30.3 Å². The molecule has 4 aliphatic carbocycles. The maximum absolute atomic E-state index is 12.1. The predicted octanol–water partition coefficient (Wildman–Crippen LogP) is 8.33. The van der Waals surface area contributed by atoms with E-state index in [1.165, 1.54) is 25.3 Å². The van der Waals surface area contributed by atoms with Crippen LogP contribution in [-0.4, -0.2) is 119 Å². The Morgan fingerprint density at radius 1 is 0.526 bits per heavy atom. The van der Waals surface area contributed by atoms with Gasteiger partial charge in [0.15, 0.2) is 57.6 Å². The van der Waals surface area contributed by atoms with Gasteiger partial charge in [-0.2, -0.15) is 0 Å². The SMILES string of the molecule is C=CCC1Cc2c(ccc(OC)c2OC)CC12OCCO2.C=CCC1Cc2c(ccc(OC)c2OC)CC1=O.COC(=O)C1C(=O)CCc2c1ccc(OC)c2OC.COC(=O)CC1Cc2c(ccc(OC)c2OC)CC1=O. The molecule has 0 amide bonds. The van der Waals surface area contributed by atoms with E-state index in [-0.39, 0.29) is 47.5 Å². The van der Waals surface area contributed by atoms with Gasteiger partial charge in [0.05, 0.1) is 90.7 Å². The van der Waals surface area contributed by atoms with Gasteiger partial charge in [-0.3, -0.25) is 24.0 Å². The molecule has 4 aromatic carbocycles. The lowest BCUT2D eigenvalue weighted by molar-refractivity contribution is -0.198. The van der Waals surface area contributed by atoms with Crippen molar-refractivity contribution >= 4 is 29.3 Å². The molecule has 4 atom stereocenters. The van der Waals surface area contributed by atoms with E-state index in [2.05, 4.69) is 24.0 Å². The molecular weight excluding hydrogens is 1000 g/mol. The van der Waals surface area contributed by atoms with Crippen molar-refractivity contribution in [3.05, 3.63) is 118 Å². The Kier molecular flexibility index (Phi) is 21.3. The van der Waals surface area contributed by atoms with E-state index >= 15 is 0 Å². The van der Waals surface area contributed by atoms with Crippen LogP contribution in [0.2, 0.25) is 0 Å². The van der Waals surface area contributed by atoms with Gasteiger partial charge in [-0.25, -0.2) is 0 Å². The Labute approximate surface area is 457 Å². The highest BCUT2D eigenvalue weighted by Crippen LogP contribution is 2.47. The second-order valence-corrected chi connectivity index (χ2v) is 19.1. The number of fused-ring (bicyclic) bond motifs is 4. The number of ether oxygens (including phenoxy) is 12. The molecule has 4 aromatic rings. The van der Waals surface area contributed by atoms with Crippen LogP contribution >= 0.6 is 0 Å². The van der Waals surface area contributed by atoms with Crippen LogP contribution in [0, 0.1) is 17.8 Å². The number of esters is 2. The molecule has 1 heterocycles. The molecule has 0 N–H and O–H groups in total. The Morgan fingerprint density at radius 3 is 1.44 bits per heavy atom. The first-order chi connectivity index (χ1) is 37.7. The van der Waals surface area contributed by atoms with Gasteiger partial charge in [0.2, 0.25) is 0 Å². The second kappa shape index (κ2) is 27.8. The van der Waals surface area contributed by atoms with Gasteiger partial charge in [-0.05, 0) is 85.0 Å². The van der Waals surface area contributed by atoms with Crippen LogP contribution in [0.1, 0.15) is 76.1 Å². The van der Waals surface area contributed by atoms with Crippen LogP contribution in [0.15, 0.2) is 73.8 Å². The number of methoxy groups -OCH3 is 10. The summed E-state index contributed by atoms with van der Waals surface area (Å²) in [4.78, 5) is 59.2. The number of rotatable bonds is 15. The molecule has 1 fully saturated rings. The summed E-state index contributed by atoms with van der Waals surface area (Å²) in [7, 11) is 15.5. The number of allylic oxidation sites excluding steroid dienone is 2. The molecule has 9 rings (SSSR count). The first-order valence-corrected chi connectivity index (χ1v) is 25.8. The summed E-state index contributed by atoms with van der Waals surface area (Å²) in [6, 6.07) is 15.0. The van der Waals surface area contributed by atoms with Crippen LogP contribution < -0.4 is 37.9 Å². The van der Waals surface area contributed by atoms with E-state index in [0.29, 0.717) is 80.3 Å². The lowest BCUT2D eigenvalue weighted by atomic mass is 9.77. The summed E-state index contributed by atoms with van der Waals surface area (Å²) in [5.74, 6) is 3.47. The van der Waals surface area contributed by atoms with Gasteiger partial charge < -0.3 is 56.8 Å². The maximum Gasteiger partial charge on any atom is 0.320 e. The number of carbonyl (C=O) groups excluding carboxylic acids is 5. The second-order valence-electron chi connectivity index (χ2n) is 19.1. The number of hydrogen-bond donors (Lipinski definition) is 0. The van der Waals surface area contributed by atoms with Crippen molar-refractivity contribution in [1.82, 2.24) is 0 Å². The first kappa shape index (κ1) is 59.9. The highest BCUT2D eigenvalue weighted by atomic mass is 16.7. The molecule has 1 spiro atoms. The molecule has 78 heavy (non-hydrogen) atoms. The highest BCUT2D eigenvalue weighted by Gasteiger charge is 2.48. The fraction of sp³-hybridized carbons (Fsp3) is 0.459. The normalized spacial score (nSPS) is 19.1. The predicted molar refractivity (Wildman–Crippen MR) is 290 cm³/mol. The van der Waals surface area contributed by atoms with Gasteiger partial charge in [0.25, 0.3) is 0 Å². The third-order valence-electron chi connectivity index (χ3n) is 15.0. The number of benzene rings is 4. The lowest BCUT2D eigenvalue weighted by Gasteiger charge is -2.40. The molecule has 0 saturated carbocycles. The van der Waals surface area contributed by atoms with Crippen LogP contribution in [0.4, 0.5) is 0 Å². The van der Waals surface area contributed by atoms with E-state index in [9.17, 15) is 24.0 Å². The fourth-order valence-corrected chi connectivity index (χ4v) is 11.1. The fourth-order valence-electron chi connectivity index (χ4n) is 11.1. The lowest BCUT2D eigenvalue weighted by Crippen LogP contribution is -2.45. The number of hydrogen-bond acceptors (Lipinski definition) is 17. The van der Waals surface area contributed by atoms with Crippen LogP contribution in [0.3, 0.4) is 0 Å². The quantitative estimate of drug-likeness (QED) is 0.0625.